The number of carbonyl (C=O) groups is 1. The van der Waals surface area contributed by atoms with Gasteiger partial charge >= 0.3 is 0 Å². The van der Waals surface area contributed by atoms with Crippen molar-refractivity contribution in [2.24, 2.45) is 0 Å². The minimum absolute atomic E-state index is 0.0116. The molecule has 4 heteroatoms. The Kier molecular flexibility index (Phi) is 3.84. The Labute approximate surface area is 107 Å². The molecule has 2 rings (SSSR count). The van der Waals surface area contributed by atoms with Crippen LogP contribution in [0.25, 0.3) is 0 Å². The molecule has 0 radical (unpaired) electrons. The molecule has 0 spiro atoms. The molecule has 2 unspecified atom stereocenters. The molecule has 1 aliphatic rings. The minimum Gasteiger partial charge on any atom is -0.348 e. The predicted molar refractivity (Wildman–Crippen MR) is 71.4 cm³/mol. The van der Waals surface area contributed by atoms with Crippen LogP contribution in [0.1, 0.15) is 41.1 Å². The number of rotatable bonds is 3. The van der Waals surface area contributed by atoms with E-state index in [-0.39, 0.29) is 18.0 Å². The molecule has 1 fully saturated rings. The Morgan fingerprint density at radius 2 is 2.35 bits per heavy atom. The van der Waals surface area contributed by atoms with Gasteiger partial charge in [-0.3, -0.25) is 4.79 Å². The van der Waals surface area contributed by atoms with Crippen molar-refractivity contribution >= 4 is 17.2 Å². The summed E-state index contributed by atoms with van der Waals surface area (Å²) in [7, 11) is 0. The summed E-state index contributed by atoms with van der Waals surface area (Å²) in [5.41, 5.74) is 1.25. The summed E-state index contributed by atoms with van der Waals surface area (Å²) in [6.45, 7) is 7.24. The molecule has 1 aromatic heterocycles. The minimum atomic E-state index is 0.0116. The summed E-state index contributed by atoms with van der Waals surface area (Å²) >= 11 is 1.79. The molecule has 1 saturated heterocycles. The van der Waals surface area contributed by atoms with Gasteiger partial charge in [0.25, 0.3) is 0 Å². The molecule has 0 aliphatic carbocycles. The SMILES string of the molecule is Cc1cc(C(C)NC(=O)C2CCCN2)c(C)s1. The predicted octanol–water partition coefficient (Wildman–Crippen LogP) is 2.29. The summed E-state index contributed by atoms with van der Waals surface area (Å²) in [6.07, 6.45) is 2.06. The first kappa shape index (κ1) is 12.6. The first-order valence-electron chi connectivity index (χ1n) is 6.18. The Bertz CT molecular complexity index is 408. The fourth-order valence-corrected chi connectivity index (χ4v) is 3.40. The molecule has 0 bridgehead atoms. The summed E-state index contributed by atoms with van der Waals surface area (Å²) in [5, 5.41) is 6.32. The first-order valence-corrected chi connectivity index (χ1v) is 7.00. The Morgan fingerprint density at radius 3 is 2.88 bits per heavy atom. The third kappa shape index (κ3) is 2.87. The third-order valence-electron chi connectivity index (χ3n) is 3.28. The van der Waals surface area contributed by atoms with E-state index in [4.69, 9.17) is 0 Å². The van der Waals surface area contributed by atoms with Crippen molar-refractivity contribution in [1.82, 2.24) is 10.6 Å². The van der Waals surface area contributed by atoms with Crippen molar-refractivity contribution in [3.05, 3.63) is 21.4 Å². The van der Waals surface area contributed by atoms with Crippen molar-refractivity contribution in [3.63, 3.8) is 0 Å². The molecule has 2 N–H and O–H groups in total. The molecule has 0 saturated carbocycles. The van der Waals surface area contributed by atoms with Crippen molar-refractivity contribution in [2.75, 3.05) is 6.54 Å². The highest BCUT2D eigenvalue weighted by molar-refractivity contribution is 7.12. The fraction of sp³-hybridized carbons (Fsp3) is 0.615. The Morgan fingerprint density at radius 1 is 1.59 bits per heavy atom. The number of thiophene rings is 1. The molecule has 1 amide bonds. The van der Waals surface area contributed by atoms with Crippen molar-refractivity contribution in [3.8, 4) is 0 Å². The average Bonchev–Trinajstić information content (AvgIpc) is 2.87. The standard InChI is InChI=1S/C13H20N2OS/c1-8-7-11(10(3)17-8)9(2)15-13(16)12-5-4-6-14-12/h7,9,12,14H,4-6H2,1-3H3,(H,15,16). The van der Waals surface area contributed by atoms with Crippen LogP contribution < -0.4 is 10.6 Å². The highest BCUT2D eigenvalue weighted by Crippen LogP contribution is 2.26. The van der Waals surface area contributed by atoms with Crippen molar-refractivity contribution < 1.29 is 4.79 Å². The van der Waals surface area contributed by atoms with Crippen LogP contribution in [-0.4, -0.2) is 18.5 Å². The van der Waals surface area contributed by atoms with E-state index < -0.39 is 0 Å². The van der Waals surface area contributed by atoms with Crippen LogP contribution >= 0.6 is 11.3 Å². The monoisotopic (exact) mass is 252 g/mol. The zero-order valence-electron chi connectivity index (χ0n) is 10.7. The number of amides is 1. The maximum Gasteiger partial charge on any atom is 0.237 e. The van der Waals surface area contributed by atoms with Gasteiger partial charge in [0.1, 0.15) is 0 Å². The summed E-state index contributed by atoms with van der Waals surface area (Å²) in [5.74, 6) is 0.137. The second kappa shape index (κ2) is 5.19. The van der Waals surface area contributed by atoms with Gasteiger partial charge in [-0.1, -0.05) is 0 Å². The van der Waals surface area contributed by atoms with Gasteiger partial charge in [-0.25, -0.2) is 0 Å². The number of aryl methyl sites for hydroxylation is 2. The number of hydrogen-bond donors (Lipinski definition) is 2. The molecule has 17 heavy (non-hydrogen) atoms. The zero-order valence-corrected chi connectivity index (χ0v) is 11.5. The highest BCUT2D eigenvalue weighted by Gasteiger charge is 2.23. The van der Waals surface area contributed by atoms with E-state index in [1.54, 1.807) is 11.3 Å². The average molecular weight is 252 g/mol. The Balaban J connectivity index is 1.98. The van der Waals surface area contributed by atoms with Crippen LogP contribution in [0, 0.1) is 13.8 Å². The summed E-state index contributed by atoms with van der Waals surface area (Å²) < 4.78 is 0. The molecule has 2 atom stereocenters. The van der Waals surface area contributed by atoms with Crippen LogP contribution in [0.5, 0.6) is 0 Å². The van der Waals surface area contributed by atoms with Gasteiger partial charge in [0.15, 0.2) is 0 Å². The molecule has 1 aliphatic heterocycles. The van der Waals surface area contributed by atoms with Gasteiger partial charge in [0.2, 0.25) is 5.91 Å². The lowest BCUT2D eigenvalue weighted by molar-refractivity contribution is -0.123. The number of hydrogen-bond acceptors (Lipinski definition) is 3. The largest absolute Gasteiger partial charge is 0.348 e. The molecule has 94 valence electrons. The van der Waals surface area contributed by atoms with E-state index in [1.807, 2.05) is 0 Å². The van der Waals surface area contributed by atoms with Crippen LogP contribution in [0.4, 0.5) is 0 Å². The van der Waals surface area contributed by atoms with Crippen molar-refractivity contribution in [1.29, 1.82) is 0 Å². The van der Waals surface area contributed by atoms with Gasteiger partial charge in [-0.2, -0.15) is 0 Å². The van der Waals surface area contributed by atoms with Gasteiger partial charge in [0, 0.05) is 9.75 Å². The lowest BCUT2D eigenvalue weighted by atomic mass is 10.1. The van der Waals surface area contributed by atoms with Crippen molar-refractivity contribution in [2.45, 2.75) is 45.7 Å². The highest BCUT2D eigenvalue weighted by atomic mass is 32.1. The molecule has 3 nitrogen and oxygen atoms in total. The van der Waals surface area contributed by atoms with Crippen LogP contribution in [0.15, 0.2) is 6.07 Å². The normalized spacial score (nSPS) is 21.5. The van der Waals surface area contributed by atoms with E-state index in [2.05, 4.69) is 37.5 Å². The molecular weight excluding hydrogens is 232 g/mol. The quantitative estimate of drug-likeness (QED) is 0.866. The van der Waals surface area contributed by atoms with Gasteiger partial charge < -0.3 is 10.6 Å². The fourth-order valence-electron chi connectivity index (χ4n) is 2.38. The summed E-state index contributed by atoms with van der Waals surface area (Å²) in [4.78, 5) is 14.6. The second-order valence-electron chi connectivity index (χ2n) is 4.75. The topological polar surface area (TPSA) is 41.1 Å². The maximum absolute atomic E-state index is 12.0. The summed E-state index contributed by atoms with van der Waals surface area (Å²) in [6, 6.07) is 2.29. The molecule has 2 heterocycles. The maximum atomic E-state index is 12.0. The first-order chi connectivity index (χ1) is 8.08. The van der Waals surface area contributed by atoms with Crippen LogP contribution in [0.2, 0.25) is 0 Å². The third-order valence-corrected chi connectivity index (χ3v) is 4.26. The number of nitrogens with one attached hydrogen (secondary N) is 2. The Hall–Kier alpha value is -0.870. The van der Waals surface area contributed by atoms with E-state index in [0.29, 0.717) is 0 Å². The van der Waals surface area contributed by atoms with Gasteiger partial charge in [-0.05, 0) is 51.8 Å². The molecule has 0 aromatic carbocycles. The van der Waals surface area contributed by atoms with E-state index in [0.717, 1.165) is 19.4 Å². The lowest BCUT2D eigenvalue weighted by Crippen LogP contribution is -2.41. The smallest absolute Gasteiger partial charge is 0.237 e. The van der Waals surface area contributed by atoms with Gasteiger partial charge in [0.05, 0.1) is 12.1 Å². The van der Waals surface area contributed by atoms with Gasteiger partial charge in [-0.15, -0.1) is 11.3 Å². The van der Waals surface area contributed by atoms with E-state index in [1.165, 1.54) is 15.3 Å². The molecular formula is C13H20N2OS. The number of carbonyl (C=O) groups excluding carboxylic acids is 1. The second-order valence-corrected chi connectivity index (χ2v) is 6.21. The zero-order chi connectivity index (χ0) is 12.4. The van der Waals surface area contributed by atoms with E-state index in [9.17, 15) is 4.79 Å². The van der Waals surface area contributed by atoms with Crippen LogP contribution in [0.3, 0.4) is 0 Å². The molecule has 1 aromatic rings. The van der Waals surface area contributed by atoms with Crippen LogP contribution in [-0.2, 0) is 4.79 Å². The lowest BCUT2D eigenvalue weighted by Gasteiger charge is -2.17. The van der Waals surface area contributed by atoms with E-state index >= 15 is 0 Å².